The molecule has 0 unspecified atom stereocenters. The van der Waals surface area contributed by atoms with Gasteiger partial charge in [-0.3, -0.25) is 0 Å². The molecule has 0 amide bonds. The van der Waals surface area contributed by atoms with Gasteiger partial charge in [-0.25, -0.2) is 0 Å². The Morgan fingerprint density at radius 2 is 1.36 bits per heavy atom. The Morgan fingerprint density at radius 3 is 1.86 bits per heavy atom. The van der Waals surface area contributed by atoms with Crippen molar-refractivity contribution in [1.82, 2.24) is 4.98 Å². The molecule has 4 aromatic rings. The van der Waals surface area contributed by atoms with Gasteiger partial charge in [0.05, 0.1) is 0 Å². The van der Waals surface area contributed by atoms with Crippen molar-refractivity contribution in [2.45, 2.75) is 13.8 Å². The maximum Gasteiger partial charge on any atom is 0.0469 e. The summed E-state index contributed by atoms with van der Waals surface area (Å²) >= 11 is 0. The third kappa shape index (κ3) is 4.60. The van der Waals surface area contributed by atoms with E-state index in [1.54, 1.807) is 6.08 Å². The van der Waals surface area contributed by atoms with Gasteiger partial charge in [-0.05, 0) is 62.4 Å². The first kappa shape index (κ1) is 19.2. The Labute approximate surface area is 167 Å². The summed E-state index contributed by atoms with van der Waals surface area (Å²) in [4.78, 5) is 5.67. The molecule has 0 saturated carbocycles. The number of aromatic amines is 1. The lowest BCUT2D eigenvalue weighted by atomic mass is 10.1. The highest BCUT2D eigenvalue weighted by Gasteiger charge is 2.12. The highest BCUT2D eigenvalue weighted by atomic mass is 15.1. The second kappa shape index (κ2) is 8.92. The fourth-order valence-corrected chi connectivity index (χ4v) is 3.01. The number of nitrogens with zero attached hydrogens (tertiary/aromatic N) is 1. The number of H-pyrrole nitrogens is 1. The Balaban J connectivity index is 0.000000403. The molecule has 140 valence electrons. The molecule has 28 heavy (non-hydrogen) atoms. The molecular weight excluding hydrogens is 340 g/mol. The minimum atomic E-state index is 1.02. The first-order valence-electron chi connectivity index (χ1n) is 9.36. The zero-order valence-electron chi connectivity index (χ0n) is 16.5. The summed E-state index contributed by atoms with van der Waals surface area (Å²) in [7, 11) is 0. The van der Waals surface area contributed by atoms with E-state index < -0.39 is 0 Å². The van der Waals surface area contributed by atoms with E-state index in [4.69, 9.17) is 0 Å². The predicted octanol–water partition coefficient (Wildman–Crippen LogP) is 7.69. The standard InChI is InChI=1S/C21H18N2.C5H8/c1-16-14-17-15-20(12-13-21(17)22-16)23(18-8-4-2-5-9-18)19-10-6-3-7-11-19;1-4-5(2)3/h2-15,22H,1H3;4H,1-2H2,3H3. The van der Waals surface area contributed by atoms with E-state index in [9.17, 15) is 0 Å². The van der Waals surface area contributed by atoms with Crippen LogP contribution in [0.2, 0.25) is 0 Å². The van der Waals surface area contributed by atoms with Crippen LogP contribution in [0, 0.1) is 6.92 Å². The number of nitrogens with one attached hydrogen (secondary N) is 1. The van der Waals surface area contributed by atoms with Crippen LogP contribution in [-0.4, -0.2) is 4.98 Å². The van der Waals surface area contributed by atoms with E-state index in [0.29, 0.717) is 0 Å². The van der Waals surface area contributed by atoms with E-state index >= 15 is 0 Å². The summed E-state index contributed by atoms with van der Waals surface area (Å²) in [5.41, 5.74) is 6.85. The molecule has 0 aliphatic rings. The number of para-hydroxylation sites is 2. The second-order valence-electron chi connectivity index (χ2n) is 6.78. The van der Waals surface area contributed by atoms with E-state index in [2.05, 4.69) is 103 Å². The molecule has 1 N–H and O–H groups in total. The van der Waals surface area contributed by atoms with Crippen molar-refractivity contribution >= 4 is 28.0 Å². The summed E-state index contributed by atoms with van der Waals surface area (Å²) in [6.45, 7) is 11.0. The third-order valence-electron chi connectivity index (χ3n) is 4.37. The number of benzene rings is 3. The molecule has 0 radical (unpaired) electrons. The maximum absolute atomic E-state index is 3.56. The highest BCUT2D eigenvalue weighted by molar-refractivity contribution is 5.88. The summed E-state index contributed by atoms with van der Waals surface area (Å²) in [5.74, 6) is 0. The fourth-order valence-electron chi connectivity index (χ4n) is 3.01. The lowest BCUT2D eigenvalue weighted by Crippen LogP contribution is -2.09. The van der Waals surface area contributed by atoms with Crippen molar-refractivity contribution < 1.29 is 0 Å². The van der Waals surface area contributed by atoms with Crippen molar-refractivity contribution in [1.29, 1.82) is 0 Å². The summed E-state index contributed by atoms with van der Waals surface area (Å²) in [5, 5.41) is 1.23. The van der Waals surface area contributed by atoms with Gasteiger partial charge < -0.3 is 9.88 Å². The van der Waals surface area contributed by atoms with Crippen molar-refractivity contribution in [3.63, 3.8) is 0 Å². The molecule has 4 rings (SSSR count). The van der Waals surface area contributed by atoms with Gasteiger partial charge in [0.1, 0.15) is 0 Å². The van der Waals surface area contributed by atoms with Crippen molar-refractivity contribution in [3.8, 4) is 0 Å². The number of allylic oxidation sites excluding steroid dienone is 2. The number of hydrogen-bond acceptors (Lipinski definition) is 1. The van der Waals surface area contributed by atoms with Gasteiger partial charge in [0, 0.05) is 33.7 Å². The number of anilines is 3. The van der Waals surface area contributed by atoms with Gasteiger partial charge in [-0.2, -0.15) is 0 Å². The van der Waals surface area contributed by atoms with Crippen LogP contribution in [0.15, 0.2) is 110 Å². The topological polar surface area (TPSA) is 19.0 Å². The molecule has 2 heteroatoms. The first-order valence-corrected chi connectivity index (χ1v) is 9.36. The molecule has 0 spiro atoms. The summed E-state index contributed by atoms with van der Waals surface area (Å²) in [6, 6.07) is 29.7. The lowest BCUT2D eigenvalue weighted by molar-refractivity contribution is 1.28. The second-order valence-corrected chi connectivity index (χ2v) is 6.78. The average molecular weight is 367 g/mol. The van der Waals surface area contributed by atoms with Crippen LogP contribution in [0.5, 0.6) is 0 Å². The smallest absolute Gasteiger partial charge is 0.0469 e. The van der Waals surface area contributed by atoms with Crippen LogP contribution < -0.4 is 4.90 Å². The zero-order valence-corrected chi connectivity index (χ0v) is 16.5. The predicted molar refractivity (Wildman–Crippen MR) is 123 cm³/mol. The summed E-state index contributed by atoms with van der Waals surface area (Å²) < 4.78 is 0. The van der Waals surface area contributed by atoms with Crippen LogP contribution in [-0.2, 0) is 0 Å². The van der Waals surface area contributed by atoms with Crippen molar-refractivity contribution in [2.24, 2.45) is 0 Å². The molecule has 0 atom stereocenters. The normalized spacial score (nSPS) is 10.1. The SMILES string of the molecule is C=CC(=C)C.Cc1cc2cc(N(c3ccccc3)c3ccccc3)ccc2[nH]1. The number of aryl methyl sites for hydroxylation is 1. The quantitative estimate of drug-likeness (QED) is 0.367. The van der Waals surface area contributed by atoms with Gasteiger partial charge in [-0.1, -0.05) is 61.2 Å². The molecule has 1 heterocycles. The van der Waals surface area contributed by atoms with Gasteiger partial charge in [0.15, 0.2) is 0 Å². The fraction of sp³-hybridized carbons (Fsp3) is 0.0769. The van der Waals surface area contributed by atoms with Gasteiger partial charge in [-0.15, -0.1) is 0 Å². The van der Waals surface area contributed by atoms with Crippen LogP contribution in [0.25, 0.3) is 10.9 Å². The molecule has 0 fully saturated rings. The van der Waals surface area contributed by atoms with Crippen LogP contribution >= 0.6 is 0 Å². The molecule has 0 aliphatic carbocycles. The van der Waals surface area contributed by atoms with Gasteiger partial charge in [0.2, 0.25) is 0 Å². The Kier molecular flexibility index (Phi) is 6.13. The minimum absolute atomic E-state index is 1.02. The number of fused-ring (bicyclic) bond motifs is 1. The highest BCUT2D eigenvalue weighted by Crippen LogP contribution is 2.35. The Hall–Kier alpha value is -3.52. The molecular formula is C26H26N2. The number of aromatic nitrogens is 1. The van der Waals surface area contributed by atoms with Gasteiger partial charge >= 0.3 is 0 Å². The molecule has 1 aromatic heterocycles. The average Bonchev–Trinajstić information content (AvgIpc) is 3.10. The molecule has 3 aromatic carbocycles. The molecule has 2 nitrogen and oxygen atoms in total. The molecule has 0 aliphatic heterocycles. The summed E-state index contributed by atoms with van der Waals surface area (Å²) in [6.07, 6.45) is 1.72. The van der Waals surface area contributed by atoms with Crippen molar-refractivity contribution in [3.05, 3.63) is 115 Å². The zero-order chi connectivity index (χ0) is 19.9. The van der Waals surface area contributed by atoms with Crippen LogP contribution in [0.3, 0.4) is 0 Å². The van der Waals surface area contributed by atoms with Crippen LogP contribution in [0.1, 0.15) is 12.6 Å². The van der Waals surface area contributed by atoms with E-state index in [0.717, 1.165) is 22.6 Å². The maximum atomic E-state index is 3.56. The van der Waals surface area contributed by atoms with E-state index in [1.807, 2.05) is 19.1 Å². The number of hydrogen-bond donors (Lipinski definition) is 1. The molecule has 0 bridgehead atoms. The Morgan fingerprint density at radius 1 is 0.821 bits per heavy atom. The first-order chi connectivity index (χ1) is 13.6. The minimum Gasteiger partial charge on any atom is -0.359 e. The largest absolute Gasteiger partial charge is 0.359 e. The number of rotatable bonds is 4. The molecule has 0 saturated heterocycles. The lowest BCUT2D eigenvalue weighted by Gasteiger charge is -2.25. The van der Waals surface area contributed by atoms with Gasteiger partial charge in [0.25, 0.3) is 0 Å². The van der Waals surface area contributed by atoms with Crippen LogP contribution in [0.4, 0.5) is 17.1 Å². The monoisotopic (exact) mass is 366 g/mol. The third-order valence-corrected chi connectivity index (χ3v) is 4.37. The van der Waals surface area contributed by atoms with E-state index in [-0.39, 0.29) is 0 Å². The van der Waals surface area contributed by atoms with Crippen molar-refractivity contribution in [2.75, 3.05) is 4.90 Å². The van der Waals surface area contributed by atoms with E-state index in [1.165, 1.54) is 16.6 Å². The Bertz CT molecular complexity index is 1020.